The van der Waals surface area contributed by atoms with Crippen LogP contribution in [0.25, 0.3) is 0 Å². The number of nitrogens with zero attached hydrogens (tertiary/aromatic N) is 1. The fraction of sp³-hybridized carbons (Fsp3) is 0.760. The van der Waals surface area contributed by atoms with Crippen LogP contribution >= 0.6 is 7.82 Å². The number of hydrogen-bond donors (Lipinski definition) is 1. The highest BCUT2D eigenvalue weighted by Crippen LogP contribution is 2.43. The average Bonchev–Trinajstić information content (AvgIpc) is 3.50. The zero-order valence-corrected chi connectivity index (χ0v) is 57.0. The molecule has 492 valence electrons. The maximum atomic E-state index is 12.9. The molecule has 0 aromatic rings. The molecular formula is C75H135NO8P+. The van der Waals surface area contributed by atoms with Gasteiger partial charge < -0.3 is 18.9 Å². The van der Waals surface area contributed by atoms with Gasteiger partial charge >= 0.3 is 19.8 Å². The number of likely N-dealkylation sites (N-methyl/N-ethyl adjacent to an activating group) is 1. The smallest absolute Gasteiger partial charge is 0.462 e. The molecule has 0 saturated heterocycles. The minimum absolute atomic E-state index is 0.0228. The van der Waals surface area contributed by atoms with Crippen molar-refractivity contribution in [3.05, 3.63) is 97.2 Å². The third kappa shape index (κ3) is 69.9. The molecule has 0 bridgehead atoms. The Kier molecular flexibility index (Phi) is 63.0. The summed E-state index contributed by atoms with van der Waals surface area (Å²) in [6.45, 7) is 4.32. The standard InChI is InChI=1S/C75H134NO8P/c1-6-8-10-12-14-16-18-20-22-24-26-28-30-32-34-36-37-38-40-41-43-45-47-49-51-53-55-57-59-61-63-65-67-74(77)81-71-73(72-83-85(79,80)82-70-69-76(3,4)5)84-75(78)68-66-64-62-60-58-56-54-52-50-48-46-44-42-39-35-33-31-29-27-25-23-21-19-17-15-13-11-9-7-2/h9,11,15,17,21,23,27,29,33,35,42,44,48,50,54,56,73H,6-8,10,12-14,16,18-20,22,24-26,28,30-32,34,36-41,43,45-47,49,51-53,55,57-72H2,1-5H3/p+1/b11-9-,17-15-,23-21-,29-27-,35-33-,44-42-,50-48-,56-54-. The van der Waals surface area contributed by atoms with Gasteiger partial charge in [0.25, 0.3) is 0 Å². The number of allylic oxidation sites excluding steroid dienone is 16. The Morgan fingerprint density at radius 3 is 1.00 bits per heavy atom. The second-order valence-corrected chi connectivity index (χ2v) is 26.4. The van der Waals surface area contributed by atoms with Crippen LogP contribution in [0.4, 0.5) is 0 Å². The Labute approximate surface area is 525 Å². The first kappa shape index (κ1) is 81.9. The van der Waals surface area contributed by atoms with Crippen LogP contribution < -0.4 is 0 Å². The second-order valence-electron chi connectivity index (χ2n) is 24.9. The van der Waals surface area contributed by atoms with Gasteiger partial charge in [-0.15, -0.1) is 0 Å². The fourth-order valence-corrected chi connectivity index (χ4v) is 10.7. The van der Waals surface area contributed by atoms with Crippen molar-refractivity contribution in [2.75, 3.05) is 47.5 Å². The third-order valence-electron chi connectivity index (χ3n) is 15.4. The number of rotatable bonds is 65. The molecule has 0 aromatic carbocycles. The van der Waals surface area contributed by atoms with Crippen molar-refractivity contribution >= 4 is 19.8 Å². The van der Waals surface area contributed by atoms with Gasteiger partial charge in [0.15, 0.2) is 6.10 Å². The number of hydrogen-bond acceptors (Lipinski definition) is 7. The predicted octanol–water partition coefficient (Wildman–Crippen LogP) is 23.1. The van der Waals surface area contributed by atoms with E-state index in [0.29, 0.717) is 17.4 Å². The maximum absolute atomic E-state index is 12.9. The molecule has 85 heavy (non-hydrogen) atoms. The van der Waals surface area contributed by atoms with Crippen LogP contribution in [0.2, 0.25) is 0 Å². The van der Waals surface area contributed by atoms with Gasteiger partial charge in [-0.05, 0) is 77.0 Å². The number of phosphoric acid groups is 1. The number of phosphoric ester groups is 1. The fourth-order valence-electron chi connectivity index (χ4n) is 9.98. The molecule has 0 heterocycles. The molecule has 1 N–H and O–H groups in total. The van der Waals surface area contributed by atoms with Crippen LogP contribution in [0.5, 0.6) is 0 Å². The van der Waals surface area contributed by atoms with Gasteiger partial charge in [0.05, 0.1) is 27.7 Å². The highest BCUT2D eigenvalue weighted by Gasteiger charge is 2.27. The molecule has 2 unspecified atom stereocenters. The van der Waals surface area contributed by atoms with Crippen molar-refractivity contribution in [2.24, 2.45) is 0 Å². The molecule has 0 spiro atoms. The number of carbonyl (C=O) groups is 2. The van der Waals surface area contributed by atoms with Gasteiger partial charge in [-0.25, -0.2) is 4.57 Å². The van der Waals surface area contributed by atoms with E-state index < -0.39 is 26.5 Å². The van der Waals surface area contributed by atoms with Gasteiger partial charge in [0.2, 0.25) is 0 Å². The van der Waals surface area contributed by atoms with E-state index in [9.17, 15) is 19.0 Å². The molecule has 0 aliphatic rings. The summed E-state index contributed by atoms with van der Waals surface area (Å²) >= 11 is 0. The number of carbonyl (C=O) groups excluding carboxylic acids is 2. The summed E-state index contributed by atoms with van der Waals surface area (Å²) in [6, 6.07) is 0. The van der Waals surface area contributed by atoms with Crippen LogP contribution in [0, 0.1) is 0 Å². The van der Waals surface area contributed by atoms with Crippen LogP contribution in [0.15, 0.2) is 97.2 Å². The summed E-state index contributed by atoms with van der Waals surface area (Å²) < 4.78 is 34.7. The zero-order chi connectivity index (χ0) is 61.9. The molecule has 0 aliphatic heterocycles. The van der Waals surface area contributed by atoms with Crippen molar-refractivity contribution in [1.82, 2.24) is 0 Å². The van der Waals surface area contributed by atoms with Crippen molar-refractivity contribution < 1.29 is 42.1 Å². The maximum Gasteiger partial charge on any atom is 0.472 e. The minimum Gasteiger partial charge on any atom is -0.462 e. The van der Waals surface area contributed by atoms with Crippen LogP contribution in [0.3, 0.4) is 0 Å². The lowest BCUT2D eigenvalue weighted by Gasteiger charge is -2.24. The van der Waals surface area contributed by atoms with E-state index in [-0.39, 0.29) is 32.0 Å². The first-order valence-electron chi connectivity index (χ1n) is 35.5. The van der Waals surface area contributed by atoms with Gasteiger partial charge in [-0.2, -0.15) is 0 Å². The van der Waals surface area contributed by atoms with E-state index >= 15 is 0 Å². The number of ether oxygens (including phenoxy) is 2. The highest BCUT2D eigenvalue weighted by atomic mass is 31.2. The summed E-state index contributed by atoms with van der Waals surface area (Å²) in [7, 11) is 1.46. The Morgan fingerprint density at radius 2 is 0.671 bits per heavy atom. The molecule has 9 nitrogen and oxygen atoms in total. The monoisotopic (exact) mass is 1210 g/mol. The summed E-state index contributed by atoms with van der Waals surface area (Å²) in [5, 5.41) is 0. The third-order valence-corrected chi connectivity index (χ3v) is 16.4. The van der Waals surface area contributed by atoms with Gasteiger partial charge in [-0.3, -0.25) is 18.6 Å². The summed E-state index contributed by atoms with van der Waals surface area (Å²) in [6.07, 6.45) is 91.0. The van der Waals surface area contributed by atoms with Crippen LogP contribution in [-0.2, 0) is 32.7 Å². The number of quaternary nitrogens is 1. The Morgan fingerprint density at radius 1 is 0.376 bits per heavy atom. The van der Waals surface area contributed by atoms with Gasteiger partial charge in [0, 0.05) is 12.8 Å². The van der Waals surface area contributed by atoms with E-state index in [4.69, 9.17) is 18.5 Å². The van der Waals surface area contributed by atoms with Crippen LogP contribution in [0.1, 0.15) is 316 Å². The summed E-state index contributed by atoms with van der Waals surface area (Å²) in [5.41, 5.74) is 0. The Hall–Kier alpha value is -3.07. The topological polar surface area (TPSA) is 108 Å². The van der Waals surface area contributed by atoms with E-state index in [1.54, 1.807) is 0 Å². The highest BCUT2D eigenvalue weighted by molar-refractivity contribution is 7.47. The van der Waals surface area contributed by atoms with Crippen molar-refractivity contribution in [2.45, 2.75) is 322 Å². The molecule has 2 atom stereocenters. The lowest BCUT2D eigenvalue weighted by atomic mass is 10.0. The Bertz CT molecular complexity index is 1760. The average molecular weight is 1210 g/mol. The predicted molar refractivity (Wildman–Crippen MR) is 367 cm³/mol. The van der Waals surface area contributed by atoms with E-state index in [1.807, 2.05) is 21.1 Å². The molecule has 0 rings (SSSR count). The Balaban J connectivity index is 4.09. The van der Waals surface area contributed by atoms with E-state index in [2.05, 4.69) is 111 Å². The van der Waals surface area contributed by atoms with E-state index in [0.717, 1.165) is 96.3 Å². The molecule has 0 aliphatic carbocycles. The first-order chi connectivity index (χ1) is 41.5. The molecular weight excluding hydrogens is 1070 g/mol. The van der Waals surface area contributed by atoms with Crippen LogP contribution in [-0.4, -0.2) is 74.9 Å². The zero-order valence-electron chi connectivity index (χ0n) is 56.1. The summed E-state index contributed by atoms with van der Waals surface area (Å²) in [4.78, 5) is 35.9. The number of unbranched alkanes of at least 4 members (excludes halogenated alkanes) is 35. The molecule has 10 heteroatoms. The molecule has 0 radical (unpaired) electrons. The number of esters is 2. The first-order valence-corrected chi connectivity index (χ1v) is 37.0. The normalized spacial score (nSPS) is 13.7. The van der Waals surface area contributed by atoms with Gasteiger partial charge in [0.1, 0.15) is 19.8 Å². The lowest BCUT2D eigenvalue weighted by Crippen LogP contribution is -2.37. The van der Waals surface area contributed by atoms with Crippen molar-refractivity contribution in [3.63, 3.8) is 0 Å². The lowest BCUT2D eigenvalue weighted by molar-refractivity contribution is -0.870. The molecule has 0 aromatic heterocycles. The second kappa shape index (κ2) is 65.4. The van der Waals surface area contributed by atoms with Crippen molar-refractivity contribution in [1.29, 1.82) is 0 Å². The molecule has 0 fully saturated rings. The molecule has 0 amide bonds. The largest absolute Gasteiger partial charge is 0.472 e. The summed E-state index contributed by atoms with van der Waals surface area (Å²) in [5.74, 6) is -0.820. The van der Waals surface area contributed by atoms with Crippen molar-refractivity contribution in [3.8, 4) is 0 Å². The molecule has 0 saturated carbocycles. The quantitative estimate of drug-likeness (QED) is 0.0211. The van der Waals surface area contributed by atoms with Gasteiger partial charge in [-0.1, -0.05) is 323 Å². The minimum atomic E-state index is -4.40. The SMILES string of the molecule is CC/C=C\C/C=C\C/C=C\C/C=C\C/C=C\C/C=C\C/C=C\C/C=C\CCCCCCC(=O)OC(COC(=O)CCCCCCCCCCCCCCCCCCCCCCCCCCCCCCCCCC)COP(=O)(O)OCC[N+](C)(C)C. The van der Waals surface area contributed by atoms with E-state index in [1.165, 1.54) is 186 Å².